The fourth-order valence-corrected chi connectivity index (χ4v) is 1.45. The van der Waals surface area contributed by atoms with Crippen LogP contribution in [0, 0.1) is 22.7 Å². The van der Waals surface area contributed by atoms with E-state index < -0.39 is 0 Å². The Balaban J connectivity index is 2.99. The van der Waals surface area contributed by atoms with Crippen LogP contribution in [0.5, 0.6) is 0 Å². The average molecular weight is 290 g/mol. The molecule has 0 radical (unpaired) electrons. The van der Waals surface area contributed by atoms with Gasteiger partial charge in [0.05, 0.1) is 10.7 Å². The molecule has 0 bridgehead atoms. The highest BCUT2D eigenvalue weighted by atomic mass is 35.5. The van der Waals surface area contributed by atoms with Gasteiger partial charge in [-0.05, 0) is 32.0 Å². The molecular formula is C13H12ClN5O. The van der Waals surface area contributed by atoms with Gasteiger partial charge in [-0.15, -0.1) is 0 Å². The molecular weight excluding hydrogens is 278 g/mol. The zero-order valence-electron chi connectivity index (χ0n) is 10.9. The van der Waals surface area contributed by atoms with Crippen LogP contribution >= 0.6 is 11.6 Å². The molecule has 2 N–H and O–H groups in total. The number of rotatable bonds is 4. The number of nitrogens with one attached hydrogen (secondary N) is 2. The SMILES string of the molecule is CC(C)NC(=O)c1ccc(Cl)c(NN=C(C#N)C#N)c1. The third-order valence-corrected chi connectivity index (χ3v) is 2.48. The van der Waals surface area contributed by atoms with Crippen LogP contribution in [0.2, 0.25) is 5.02 Å². The van der Waals surface area contributed by atoms with E-state index in [0.29, 0.717) is 16.3 Å². The van der Waals surface area contributed by atoms with Gasteiger partial charge >= 0.3 is 0 Å². The topological polar surface area (TPSA) is 101 Å². The van der Waals surface area contributed by atoms with Crippen molar-refractivity contribution in [1.82, 2.24) is 5.32 Å². The van der Waals surface area contributed by atoms with Crippen molar-refractivity contribution in [2.75, 3.05) is 5.43 Å². The van der Waals surface area contributed by atoms with E-state index in [-0.39, 0.29) is 17.7 Å². The fraction of sp³-hybridized carbons (Fsp3) is 0.231. The summed E-state index contributed by atoms with van der Waals surface area (Å²) >= 11 is 5.95. The zero-order valence-corrected chi connectivity index (χ0v) is 11.7. The molecule has 20 heavy (non-hydrogen) atoms. The van der Waals surface area contributed by atoms with Crippen LogP contribution in [-0.4, -0.2) is 17.7 Å². The lowest BCUT2D eigenvalue weighted by atomic mass is 10.2. The number of hydrogen-bond acceptors (Lipinski definition) is 5. The summed E-state index contributed by atoms with van der Waals surface area (Å²) < 4.78 is 0. The Labute approximate surface area is 121 Å². The number of benzene rings is 1. The van der Waals surface area contributed by atoms with Gasteiger partial charge in [0.1, 0.15) is 12.1 Å². The maximum Gasteiger partial charge on any atom is 0.251 e. The number of carbonyl (C=O) groups is 1. The number of anilines is 1. The summed E-state index contributed by atoms with van der Waals surface area (Å²) in [6.07, 6.45) is 0. The summed E-state index contributed by atoms with van der Waals surface area (Å²) in [7, 11) is 0. The summed E-state index contributed by atoms with van der Waals surface area (Å²) in [5.41, 5.74) is 2.90. The molecule has 1 aromatic rings. The van der Waals surface area contributed by atoms with Crippen LogP contribution in [0.25, 0.3) is 0 Å². The average Bonchev–Trinajstić information content (AvgIpc) is 2.40. The van der Waals surface area contributed by atoms with E-state index in [2.05, 4.69) is 15.8 Å². The van der Waals surface area contributed by atoms with Gasteiger partial charge in [-0.25, -0.2) is 0 Å². The van der Waals surface area contributed by atoms with E-state index in [4.69, 9.17) is 22.1 Å². The lowest BCUT2D eigenvalue weighted by molar-refractivity contribution is 0.0943. The van der Waals surface area contributed by atoms with Crippen molar-refractivity contribution < 1.29 is 4.79 Å². The largest absolute Gasteiger partial charge is 0.350 e. The van der Waals surface area contributed by atoms with Crippen molar-refractivity contribution in [3.63, 3.8) is 0 Å². The maximum absolute atomic E-state index is 11.8. The Morgan fingerprint density at radius 3 is 2.55 bits per heavy atom. The molecule has 0 unspecified atom stereocenters. The smallest absolute Gasteiger partial charge is 0.251 e. The van der Waals surface area contributed by atoms with Gasteiger partial charge in [-0.1, -0.05) is 11.6 Å². The number of amides is 1. The quantitative estimate of drug-likeness (QED) is 0.656. The summed E-state index contributed by atoms with van der Waals surface area (Å²) in [6.45, 7) is 3.70. The Morgan fingerprint density at radius 1 is 1.35 bits per heavy atom. The molecule has 0 aliphatic rings. The van der Waals surface area contributed by atoms with E-state index in [1.165, 1.54) is 12.1 Å². The Morgan fingerprint density at radius 2 is 2.00 bits per heavy atom. The number of halogens is 1. The first-order valence-corrected chi connectivity index (χ1v) is 6.10. The van der Waals surface area contributed by atoms with E-state index in [9.17, 15) is 4.79 Å². The van der Waals surface area contributed by atoms with Crippen molar-refractivity contribution in [1.29, 1.82) is 10.5 Å². The number of carbonyl (C=O) groups excluding carboxylic acids is 1. The van der Waals surface area contributed by atoms with E-state index >= 15 is 0 Å². The molecule has 0 aromatic heterocycles. The van der Waals surface area contributed by atoms with Crippen LogP contribution < -0.4 is 10.7 Å². The molecule has 1 aromatic carbocycles. The van der Waals surface area contributed by atoms with Gasteiger partial charge < -0.3 is 5.32 Å². The van der Waals surface area contributed by atoms with Crippen LogP contribution in [0.3, 0.4) is 0 Å². The van der Waals surface area contributed by atoms with Crippen molar-refractivity contribution in [2.45, 2.75) is 19.9 Å². The highest BCUT2D eigenvalue weighted by molar-refractivity contribution is 6.33. The second-order valence-electron chi connectivity index (χ2n) is 4.12. The first-order chi connectivity index (χ1) is 9.47. The van der Waals surface area contributed by atoms with E-state index in [1.54, 1.807) is 18.2 Å². The Bertz CT molecular complexity index is 609. The molecule has 0 aliphatic heterocycles. The number of hydrazone groups is 1. The van der Waals surface area contributed by atoms with Crippen molar-refractivity contribution in [3.8, 4) is 12.1 Å². The number of nitrogens with zero attached hydrogens (tertiary/aromatic N) is 3. The maximum atomic E-state index is 11.8. The van der Waals surface area contributed by atoms with E-state index in [1.807, 2.05) is 13.8 Å². The van der Waals surface area contributed by atoms with Gasteiger partial charge in [0.25, 0.3) is 5.91 Å². The van der Waals surface area contributed by atoms with Gasteiger partial charge in [-0.3, -0.25) is 10.2 Å². The minimum absolute atomic E-state index is 0.0105. The van der Waals surface area contributed by atoms with Crippen LogP contribution in [0.1, 0.15) is 24.2 Å². The fourth-order valence-electron chi connectivity index (χ4n) is 1.29. The highest BCUT2D eigenvalue weighted by Crippen LogP contribution is 2.23. The lowest BCUT2D eigenvalue weighted by Crippen LogP contribution is -2.30. The third-order valence-electron chi connectivity index (χ3n) is 2.15. The summed E-state index contributed by atoms with van der Waals surface area (Å²) in [5, 5.41) is 23.8. The monoisotopic (exact) mass is 289 g/mol. The minimum atomic E-state index is -0.335. The van der Waals surface area contributed by atoms with Gasteiger partial charge in [0.2, 0.25) is 5.71 Å². The molecule has 0 fully saturated rings. The number of hydrogen-bond donors (Lipinski definition) is 2. The normalized spacial score (nSPS) is 9.30. The molecule has 0 saturated heterocycles. The Hall–Kier alpha value is -2.57. The van der Waals surface area contributed by atoms with Crippen molar-refractivity contribution in [3.05, 3.63) is 28.8 Å². The molecule has 102 valence electrons. The lowest BCUT2D eigenvalue weighted by Gasteiger charge is -2.10. The molecule has 1 rings (SSSR count). The van der Waals surface area contributed by atoms with Gasteiger partial charge in [-0.2, -0.15) is 15.6 Å². The number of nitriles is 2. The predicted octanol–water partition coefficient (Wildman–Crippen LogP) is 2.29. The van der Waals surface area contributed by atoms with Crippen LogP contribution in [0.4, 0.5) is 5.69 Å². The van der Waals surface area contributed by atoms with Gasteiger partial charge in [0, 0.05) is 11.6 Å². The van der Waals surface area contributed by atoms with E-state index in [0.717, 1.165) is 0 Å². The first-order valence-electron chi connectivity index (χ1n) is 5.72. The standard InChI is InChI=1S/C13H12ClN5O/c1-8(2)17-13(20)9-3-4-11(14)12(5-9)19-18-10(6-15)7-16/h3-5,8,19H,1-2H3,(H,17,20). The third kappa shape index (κ3) is 4.27. The molecule has 0 heterocycles. The molecule has 7 heteroatoms. The predicted molar refractivity (Wildman–Crippen MR) is 76.3 cm³/mol. The van der Waals surface area contributed by atoms with Crippen LogP contribution in [0.15, 0.2) is 23.3 Å². The highest BCUT2D eigenvalue weighted by Gasteiger charge is 2.09. The van der Waals surface area contributed by atoms with Gasteiger partial charge in [0.15, 0.2) is 0 Å². The summed E-state index contributed by atoms with van der Waals surface area (Å²) in [6, 6.07) is 7.83. The second-order valence-corrected chi connectivity index (χ2v) is 4.53. The molecule has 6 nitrogen and oxygen atoms in total. The second kappa shape index (κ2) is 7.13. The van der Waals surface area contributed by atoms with Crippen LogP contribution in [-0.2, 0) is 0 Å². The minimum Gasteiger partial charge on any atom is -0.350 e. The summed E-state index contributed by atoms with van der Waals surface area (Å²) in [4.78, 5) is 11.8. The molecule has 1 amide bonds. The van der Waals surface area contributed by atoms with Crippen molar-refractivity contribution >= 4 is 28.9 Å². The molecule has 0 aliphatic carbocycles. The summed E-state index contributed by atoms with van der Waals surface area (Å²) in [5.74, 6) is -0.246. The molecule has 0 saturated carbocycles. The molecule has 0 spiro atoms. The molecule has 0 atom stereocenters. The first kappa shape index (κ1) is 15.5. The van der Waals surface area contributed by atoms with Crippen molar-refractivity contribution in [2.24, 2.45) is 5.10 Å². The zero-order chi connectivity index (χ0) is 15.1. The Kier molecular flexibility index (Phi) is 5.52.